The Morgan fingerprint density at radius 3 is 2.32 bits per heavy atom. The highest BCUT2D eigenvalue weighted by atomic mass is 19.4. The normalized spacial score (nSPS) is 14.0. The highest BCUT2D eigenvalue weighted by molar-refractivity contribution is 5.94. The molecular weight excluding hydrogens is 499 g/mol. The first-order valence-electron chi connectivity index (χ1n) is 11.9. The van der Waals surface area contributed by atoms with Crippen LogP contribution in [-0.2, 0) is 15.8 Å². The molecular formula is C28H28F3N3O4. The van der Waals surface area contributed by atoms with Gasteiger partial charge in [-0.15, -0.1) is 0 Å². The number of nitrogens with one attached hydrogen (secondary N) is 1. The molecule has 1 aliphatic rings. The van der Waals surface area contributed by atoms with Gasteiger partial charge in [-0.1, -0.05) is 54.6 Å². The minimum Gasteiger partial charge on any atom is -0.478 e. The molecule has 200 valence electrons. The van der Waals surface area contributed by atoms with Crippen molar-refractivity contribution in [2.45, 2.75) is 19.0 Å². The quantitative estimate of drug-likeness (QED) is 0.261. The van der Waals surface area contributed by atoms with E-state index in [-0.39, 0.29) is 5.82 Å². The number of hydrogen-bond donors (Lipinski definition) is 3. The molecule has 2 aromatic carbocycles. The summed E-state index contributed by atoms with van der Waals surface area (Å²) in [6.45, 7) is 3.35. The molecule has 3 N–H and O–H groups in total. The van der Waals surface area contributed by atoms with Crippen LogP contribution in [0.25, 0.3) is 16.3 Å². The van der Waals surface area contributed by atoms with Crippen LogP contribution in [-0.4, -0.2) is 58.2 Å². The van der Waals surface area contributed by atoms with Gasteiger partial charge in [0.25, 0.3) is 0 Å². The third-order valence-corrected chi connectivity index (χ3v) is 5.79. The van der Waals surface area contributed by atoms with Crippen molar-refractivity contribution in [2.24, 2.45) is 0 Å². The zero-order valence-corrected chi connectivity index (χ0v) is 20.5. The summed E-state index contributed by atoms with van der Waals surface area (Å²) in [5, 5.41) is 21.2. The van der Waals surface area contributed by atoms with Crippen molar-refractivity contribution in [3.05, 3.63) is 90.1 Å². The molecule has 2 heterocycles. The first-order chi connectivity index (χ1) is 18.1. The molecule has 0 saturated carbocycles. The fraction of sp³-hybridized carbons (Fsp3) is 0.250. The number of fused-ring (bicyclic) bond motifs is 1. The van der Waals surface area contributed by atoms with Gasteiger partial charge in [-0.05, 0) is 46.9 Å². The summed E-state index contributed by atoms with van der Waals surface area (Å²) >= 11 is 0. The molecule has 0 unspecified atom stereocenters. The van der Waals surface area contributed by atoms with Gasteiger partial charge in [-0.25, -0.2) is 14.6 Å². The molecule has 0 bridgehead atoms. The maximum Gasteiger partial charge on any atom is 0.433 e. The Balaban J connectivity index is 0.000000436. The highest BCUT2D eigenvalue weighted by Gasteiger charge is 2.32. The Morgan fingerprint density at radius 1 is 0.974 bits per heavy atom. The van der Waals surface area contributed by atoms with Crippen LogP contribution in [0, 0.1) is 0 Å². The van der Waals surface area contributed by atoms with Crippen LogP contribution in [0.5, 0.6) is 0 Å². The topological polar surface area (TPSA) is 103 Å². The molecule has 10 heteroatoms. The number of alkyl halides is 3. The van der Waals surface area contributed by atoms with Gasteiger partial charge in [-0.3, -0.25) is 4.90 Å². The molecule has 0 radical (unpaired) electrons. The molecule has 38 heavy (non-hydrogen) atoms. The number of pyridine rings is 1. The number of rotatable bonds is 8. The summed E-state index contributed by atoms with van der Waals surface area (Å²) in [4.78, 5) is 25.1. The zero-order valence-electron chi connectivity index (χ0n) is 20.5. The lowest BCUT2D eigenvalue weighted by Crippen LogP contribution is -2.30. The number of anilines is 1. The van der Waals surface area contributed by atoms with Crippen LogP contribution in [0.1, 0.15) is 24.1 Å². The number of benzene rings is 2. The van der Waals surface area contributed by atoms with E-state index in [1.807, 2.05) is 0 Å². The molecule has 0 amide bonds. The van der Waals surface area contributed by atoms with E-state index in [4.69, 9.17) is 10.2 Å². The van der Waals surface area contributed by atoms with Crippen LogP contribution >= 0.6 is 0 Å². The maximum absolute atomic E-state index is 12.7. The fourth-order valence-corrected chi connectivity index (χ4v) is 4.02. The summed E-state index contributed by atoms with van der Waals surface area (Å²) in [6, 6.07) is 18.8. The van der Waals surface area contributed by atoms with E-state index in [9.17, 15) is 22.8 Å². The largest absolute Gasteiger partial charge is 0.478 e. The number of carboxylic acid groups (broad SMARTS) is 2. The van der Waals surface area contributed by atoms with Crippen molar-refractivity contribution < 1.29 is 33.0 Å². The Labute approximate surface area is 217 Å². The molecule has 3 aromatic rings. The van der Waals surface area contributed by atoms with Crippen LogP contribution < -0.4 is 5.32 Å². The van der Waals surface area contributed by atoms with Crippen LogP contribution in [0.4, 0.5) is 19.0 Å². The second kappa shape index (κ2) is 13.4. The van der Waals surface area contributed by atoms with Crippen LogP contribution in [0.2, 0.25) is 0 Å². The number of carboxylic acids is 2. The highest BCUT2D eigenvalue weighted by Crippen LogP contribution is 2.30. The van der Waals surface area contributed by atoms with Gasteiger partial charge in [0.2, 0.25) is 0 Å². The van der Waals surface area contributed by atoms with Gasteiger partial charge in [0.15, 0.2) is 0 Å². The Bertz CT molecular complexity index is 1300. The summed E-state index contributed by atoms with van der Waals surface area (Å²) in [5.74, 6) is -2.25. The minimum absolute atomic E-state index is 0.265. The molecule has 1 aromatic heterocycles. The lowest BCUT2D eigenvalue weighted by atomic mass is 9.94. The molecule has 0 saturated heterocycles. The van der Waals surface area contributed by atoms with Crippen molar-refractivity contribution in [1.29, 1.82) is 0 Å². The van der Waals surface area contributed by atoms with Gasteiger partial charge in [0.1, 0.15) is 11.5 Å². The van der Waals surface area contributed by atoms with Gasteiger partial charge < -0.3 is 15.5 Å². The van der Waals surface area contributed by atoms with E-state index in [2.05, 4.69) is 63.7 Å². The average Bonchev–Trinajstić information content (AvgIpc) is 2.90. The first-order valence-corrected chi connectivity index (χ1v) is 11.9. The predicted molar refractivity (Wildman–Crippen MR) is 140 cm³/mol. The van der Waals surface area contributed by atoms with E-state index >= 15 is 0 Å². The molecule has 0 fully saturated rings. The van der Waals surface area contributed by atoms with Gasteiger partial charge in [0, 0.05) is 38.3 Å². The van der Waals surface area contributed by atoms with E-state index in [0.717, 1.165) is 38.5 Å². The van der Waals surface area contributed by atoms with Crippen molar-refractivity contribution in [1.82, 2.24) is 9.88 Å². The lowest BCUT2D eigenvalue weighted by molar-refractivity contribution is -0.141. The van der Waals surface area contributed by atoms with Crippen LogP contribution in [0.15, 0.2) is 78.9 Å². The number of hydrogen-bond acceptors (Lipinski definition) is 5. The van der Waals surface area contributed by atoms with E-state index in [1.54, 1.807) is 6.07 Å². The monoisotopic (exact) mass is 527 g/mol. The molecule has 1 aliphatic heterocycles. The Kier molecular flexibility index (Phi) is 10.0. The summed E-state index contributed by atoms with van der Waals surface area (Å²) in [5.41, 5.74) is 1.83. The van der Waals surface area contributed by atoms with E-state index < -0.39 is 23.8 Å². The number of nitrogens with zero attached hydrogens (tertiary/aromatic N) is 2. The van der Waals surface area contributed by atoms with Crippen molar-refractivity contribution >= 4 is 34.1 Å². The van der Waals surface area contributed by atoms with Gasteiger partial charge in [0.05, 0.1) is 0 Å². The SMILES string of the molecule is FC(F)(F)c1cccc(NCCCN2CC=C(c3cccc4ccccc34)CC2)n1.O=C(O)/C=C/C(=O)O. The summed E-state index contributed by atoms with van der Waals surface area (Å²) in [6.07, 6.45) is 0.837. The Hall–Kier alpha value is -4.18. The molecule has 0 aliphatic carbocycles. The average molecular weight is 528 g/mol. The van der Waals surface area contributed by atoms with E-state index in [0.29, 0.717) is 18.7 Å². The summed E-state index contributed by atoms with van der Waals surface area (Å²) in [7, 11) is 0. The maximum atomic E-state index is 12.7. The Morgan fingerprint density at radius 2 is 1.66 bits per heavy atom. The lowest BCUT2D eigenvalue weighted by Gasteiger charge is -2.27. The van der Waals surface area contributed by atoms with Gasteiger partial charge in [-0.2, -0.15) is 13.2 Å². The number of aliphatic carboxylic acids is 2. The molecule has 0 spiro atoms. The number of aromatic nitrogens is 1. The zero-order chi connectivity index (χ0) is 27.5. The number of halogens is 3. The predicted octanol–water partition coefficient (Wildman–Crippen LogP) is 5.56. The van der Waals surface area contributed by atoms with Crippen molar-refractivity contribution in [3.63, 3.8) is 0 Å². The van der Waals surface area contributed by atoms with Crippen LogP contribution in [0.3, 0.4) is 0 Å². The fourth-order valence-electron chi connectivity index (χ4n) is 4.02. The van der Waals surface area contributed by atoms with Gasteiger partial charge >= 0.3 is 18.1 Å². The smallest absolute Gasteiger partial charge is 0.433 e. The second-order valence-corrected chi connectivity index (χ2v) is 8.50. The standard InChI is InChI=1S/C24H24F3N3.C4H4O4/c25-24(26,27)22-10-4-11-23(29-22)28-14-5-15-30-16-12-19(13-17-30)21-9-3-7-18-6-1-2-8-20(18)21;5-3(6)1-2-4(7)8/h1-4,6-12H,5,13-17H2,(H,28,29);1-2H,(H,5,6)(H,7,8)/b;2-1+. The molecule has 0 atom stereocenters. The van der Waals surface area contributed by atoms with E-state index in [1.165, 1.54) is 28.0 Å². The summed E-state index contributed by atoms with van der Waals surface area (Å²) < 4.78 is 38.2. The van der Waals surface area contributed by atoms with Crippen molar-refractivity contribution in [3.8, 4) is 0 Å². The second-order valence-electron chi connectivity index (χ2n) is 8.50. The number of carbonyl (C=O) groups is 2. The minimum atomic E-state index is -4.42. The molecule has 7 nitrogen and oxygen atoms in total. The third kappa shape index (κ3) is 8.74. The first kappa shape index (κ1) is 28.4. The van der Waals surface area contributed by atoms with Crippen molar-refractivity contribution in [2.75, 3.05) is 31.5 Å². The third-order valence-electron chi connectivity index (χ3n) is 5.79. The molecule has 4 rings (SSSR count).